The van der Waals surface area contributed by atoms with Crippen LogP contribution in [0, 0.1) is 0 Å². The number of nitrogens with one attached hydrogen (secondary N) is 1. The van der Waals surface area contributed by atoms with Crippen molar-refractivity contribution < 1.29 is 23.3 Å². The molecule has 0 aliphatic heterocycles. The Labute approximate surface area is 217 Å². The molecule has 2 aromatic carbocycles. The summed E-state index contributed by atoms with van der Waals surface area (Å²) in [5.74, 6) is 0.957. The van der Waals surface area contributed by atoms with Gasteiger partial charge in [-0.15, -0.1) is 0 Å². The molecule has 0 unspecified atom stereocenters. The van der Waals surface area contributed by atoms with Gasteiger partial charge < -0.3 is 23.9 Å². The van der Waals surface area contributed by atoms with Crippen LogP contribution in [0.15, 0.2) is 75.9 Å². The number of ether oxygens (including phenoxy) is 1. The van der Waals surface area contributed by atoms with Gasteiger partial charge in [-0.1, -0.05) is 40.5 Å². The highest BCUT2D eigenvalue weighted by Crippen LogP contribution is 2.24. The van der Waals surface area contributed by atoms with Gasteiger partial charge in [-0.05, 0) is 54.4 Å². The molecule has 4 aromatic rings. The SMILES string of the molecule is COc1ccc(CCNC(=O)c2cc(CN(Cc3ccco3)C(=O)c3ccc(Cl)cc3Cl)on2)cc1. The van der Waals surface area contributed by atoms with Crippen molar-refractivity contribution in [1.29, 1.82) is 0 Å². The van der Waals surface area contributed by atoms with E-state index in [2.05, 4.69) is 10.5 Å². The Hall–Kier alpha value is -3.75. The highest BCUT2D eigenvalue weighted by Gasteiger charge is 2.23. The van der Waals surface area contributed by atoms with Gasteiger partial charge in [0.25, 0.3) is 11.8 Å². The number of hydrogen-bond acceptors (Lipinski definition) is 6. The number of methoxy groups -OCH3 is 1. The van der Waals surface area contributed by atoms with Gasteiger partial charge in [-0.2, -0.15) is 0 Å². The Morgan fingerprint density at radius 2 is 1.81 bits per heavy atom. The lowest BCUT2D eigenvalue weighted by Crippen LogP contribution is -2.30. The van der Waals surface area contributed by atoms with Crippen LogP contribution >= 0.6 is 23.2 Å². The highest BCUT2D eigenvalue weighted by atomic mass is 35.5. The number of carbonyl (C=O) groups is 2. The largest absolute Gasteiger partial charge is 0.497 e. The quantitative estimate of drug-likeness (QED) is 0.296. The maximum Gasteiger partial charge on any atom is 0.273 e. The van der Waals surface area contributed by atoms with E-state index in [0.29, 0.717) is 29.5 Å². The van der Waals surface area contributed by atoms with Crippen LogP contribution < -0.4 is 10.1 Å². The number of rotatable bonds is 10. The van der Waals surface area contributed by atoms with Crippen molar-refractivity contribution in [2.45, 2.75) is 19.5 Å². The minimum atomic E-state index is -0.372. The van der Waals surface area contributed by atoms with Crippen molar-refractivity contribution in [1.82, 2.24) is 15.4 Å². The molecule has 4 rings (SSSR count). The van der Waals surface area contributed by atoms with E-state index in [-0.39, 0.29) is 41.2 Å². The number of furan rings is 1. The molecule has 186 valence electrons. The van der Waals surface area contributed by atoms with E-state index >= 15 is 0 Å². The summed E-state index contributed by atoms with van der Waals surface area (Å²) in [7, 11) is 1.61. The molecule has 0 fully saturated rings. The maximum absolute atomic E-state index is 13.3. The second-order valence-electron chi connectivity index (χ2n) is 7.90. The number of aromatic nitrogens is 1. The van der Waals surface area contributed by atoms with Gasteiger partial charge >= 0.3 is 0 Å². The van der Waals surface area contributed by atoms with Gasteiger partial charge in [0.15, 0.2) is 11.5 Å². The summed E-state index contributed by atoms with van der Waals surface area (Å²) in [6, 6.07) is 17.3. The average molecular weight is 528 g/mol. The Kier molecular flexibility index (Phi) is 8.30. The van der Waals surface area contributed by atoms with Gasteiger partial charge in [0.05, 0.1) is 37.0 Å². The van der Waals surface area contributed by atoms with Crippen LogP contribution in [0.4, 0.5) is 0 Å². The van der Waals surface area contributed by atoms with Crippen molar-refractivity contribution in [3.8, 4) is 5.75 Å². The fourth-order valence-electron chi connectivity index (χ4n) is 3.51. The van der Waals surface area contributed by atoms with Crippen molar-refractivity contribution in [3.05, 3.63) is 105 Å². The van der Waals surface area contributed by atoms with Crippen LogP contribution in [0.5, 0.6) is 5.75 Å². The maximum atomic E-state index is 13.3. The van der Waals surface area contributed by atoms with E-state index in [9.17, 15) is 9.59 Å². The first-order valence-electron chi connectivity index (χ1n) is 11.1. The normalized spacial score (nSPS) is 10.8. The predicted molar refractivity (Wildman–Crippen MR) is 134 cm³/mol. The summed E-state index contributed by atoms with van der Waals surface area (Å²) in [6.07, 6.45) is 2.17. The lowest BCUT2D eigenvalue weighted by Gasteiger charge is -2.21. The molecule has 0 aliphatic carbocycles. The van der Waals surface area contributed by atoms with Crippen LogP contribution in [0.2, 0.25) is 10.0 Å². The molecule has 0 aliphatic rings. The van der Waals surface area contributed by atoms with Crippen LogP contribution in [-0.4, -0.2) is 35.5 Å². The first kappa shape index (κ1) is 25.3. The van der Waals surface area contributed by atoms with Crippen LogP contribution in [0.3, 0.4) is 0 Å². The van der Waals surface area contributed by atoms with Crippen molar-refractivity contribution >= 4 is 35.0 Å². The van der Waals surface area contributed by atoms with Crippen molar-refractivity contribution in [2.75, 3.05) is 13.7 Å². The van der Waals surface area contributed by atoms with Gasteiger partial charge in [-0.3, -0.25) is 9.59 Å². The van der Waals surface area contributed by atoms with Crippen LogP contribution in [-0.2, 0) is 19.5 Å². The molecule has 1 N–H and O–H groups in total. The molecule has 0 saturated carbocycles. The fourth-order valence-corrected chi connectivity index (χ4v) is 4.00. The highest BCUT2D eigenvalue weighted by molar-refractivity contribution is 6.36. The number of nitrogens with zero attached hydrogens (tertiary/aromatic N) is 2. The summed E-state index contributed by atoms with van der Waals surface area (Å²) in [6.45, 7) is 0.630. The minimum Gasteiger partial charge on any atom is -0.497 e. The topological polar surface area (TPSA) is 97.8 Å². The molecule has 0 spiro atoms. The zero-order valence-corrected chi connectivity index (χ0v) is 20.9. The van der Waals surface area contributed by atoms with Crippen molar-refractivity contribution in [2.24, 2.45) is 0 Å². The number of amides is 2. The molecular weight excluding hydrogens is 505 g/mol. The molecule has 8 nitrogen and oxygen atoms in total. The Morgan fingerprint density at radius 1 is 1.03 bits per heavy atom. The second-order valence-corrected chi connectivity index (χ2v) is 8.74. The minimum absolute atomic E-state index is 0.0462. The summed E-state index contributed by atoms with van der Waals surface area (Å²) < 4.78 is 15.9. The Bertz CT molecular complexity index is 1320. The van der Waals surface area contributed by atoms with E-state index in [1.54, 1.807) is 31.4 Å². The third-order valence-electron chi connectivity index (χ3n) is 5.37. The average Bonchev–Trinajstić information content (AvgIpc) is 3.56. The first-order chi connectivity index (χ1) is 17.4. The van der Waals surface area contributed by atoms with Crippen LogP contribution in [0.25, 0.3) is 0 Å². The van der Waals surface area contributed by atoms with Crippen molar-refractivity contribution in [3.63, 3.8) is 0 Å². The number of halogens is 2. The Morgan fingerprint density at radius 3 is 2.50 bits per heavy atom. The zero-order valence-electron chi connectivity index (χ0n) is 19.4. The third-order valence-corrected chi connectivity index (χ3v) is 5.92. The van der Waals surface area contributed by atoms with E-state index in [4.69, 9.17) is 36.9 Å². The van der Waals surface area contributed by atoms with E-state index in [1.807, 2.05) is 24.3 Å². The lowest BCUT2D eigenvalue weighted by atomic mass is 10.1. The zero-order chi connectivity index (χ0) is 25.5. The Balaban J connectivity index is 1.41. The predicted octanol–water partition coefficient (Wildman–Crippen LogP) is 5.40. The summed E-state index contributed by atoms with van der Waals surface area (Å²) >= 11 is 12.2. The molecule has 2 amide bonds. The molecule has 10 heteroatoms. The fraction of sp³-hybridized carbons (Fsp3) is 0.192. The lowest BCUT2D eigenvalue weighted by molar-refractivity contribution is 0.0700. The van der Waals surface area contributed by atoms with Crippen LogP contribution in [0.1, 0.15) is 37.9 Å². The van der Waals surface area contributed by atoms with Gasteiger partial charge in [-0.25, -0.2) is 0 Å². The molecule has 0 radical (unpaired) electrons. The molecule has 0 bridgehead atoms. The molecule has 2 heterocycles. The molecule has 0 saturated heterocycles. The van der Waals surface area contributed by atoms with Gasteiger partial charge in [0.2, 0.25) is 0 Å². The molecule has 2 aromatic heterocycles. The van der Waals surface area contributed by atoms with E-state index in [0.717, 1.165) is 11.3 Å². The smallest absolute Gasteiger partial charge is 0.273 e. The first-order valence-corrected chi connectivity index (χ1v) is 11.8. The summed E-state index contributed by atoms with van der Waals surface area (Å²) in [5, 5.41) is 7.34. The summed E-state index contributed by atoms with van der Waals surface area (Å²) in [5.41, 5.74) is 1.46. The molecule has 0 atom stereocenters. The monoisotopic (exact) mass is 527 g/mol. The van der Waals surface area contributed by atoms with Gasteiger partial charge in [0, 0.05) is 17.6 Å². The number of benzene rings is 2. The van der Waals surface area contributed by atoms with E-state index in [1.165, 1.54) is 23.3 Å². The number of hydrogen-bond donors (Lipinski definition) is 1. The number of carbonyl (C=O) groups excluding carboxylic acids is 2. The van der Waals surface area contributed by atoms with Gasteiger partial charge in [0.1, 0.15) is 11.5 Å². The standard InChI is InChI=1S/C26H23Cl2N3O5/c1-34-19-7-4-17(5-8-19)10-11-29-25(32)24-14-21(36-30-24)16-31(15-20-3-2-12-35-20)26(33)22-9-6-18(27)13-23(22)28/h2-9,12-14H,10-11,15-16H2,1H3,(H,29,32). The van der Waals surface area contributed by atoms with E-state index < -0.39 is 0 Å². The molecule has 36 heavy (non-hydrogen) atoms. The summed E-state index contributed by atoms with van der Waals surface area (Å²) in [4.78, 5) is 27.3. The molecular formula is C26H23Cl2N3O5. The second kappa shape index (κ2) is 11.8. The third kappa shape index (κ3) is 6.47.